The summed E-state index contributed by atoms with van der Waals surface area (Å²) in [5.74, 6) is 0.638. The van der Waals surface area contributed by atoms with E-state index in [-0.39, 0.29) is 0 Å². The van der Waals surface area contributed by atoms with Crippen LogP contribution in [0.5, 0.6) is 0 Å². The van der Waals surface area contributed by atoms with Gasteiger partial charge >= 0.3 is 0 Å². The molecule has 0 fully saturated rings. The van der Waals surface area contributed by atoms with Crippen LogP contribution in [0.2, 0.25) is 0 Å². The van der Waals surface area contributed by atoms with E-state index in [1.54, 1.807) is 0 Å². The van der Waals surface area contributed by atoms with Gasteiger partial charge in [-0.25, -0.2) is 9.97 Å². The first-order valence-corrected chi connectivity index (χ1v) is 19.6. The van der Waals surface area contributed by atoms with Crippen LogP contribution in [0.25, 0.3) is 116 Å². The summed E-state index contributed by atoms with van der Waals surface area (Å²) in [4.78, 5) is 10.5. The summed E-state index contributed by atoms with van der Waals surface area (Å²) >= 11 is 0. The predicted molar refractivity (Wildman–Crippen MR) is 240 cm³/mol. The molecular weight excluding hydrogens is 707 g/mol. The highest BCUT2D eigenvalue weighted by Crippen LogP contribution is 2.42. The molecule has 0 saturated carbocycles. The maximum absolute atomic E-state index is 6.40. The normalized spacial score (nSPS) is 11.8. The van der Waals surface area contributed by atoms with Crippen molar-refractivity contribution in [2.45, 2.75) is 0 Å². The van der Waals surface area contributed by atoms with E-state index in [9.17, 15) is 0 Å². The van der Waals surface area contributed by atoms with Gasteiger partial charge < -0.3 is 4.42 Å². The van der Waals surface area contributed by atoms with E-state index >= 15 is 0 Å². The van der Waals surface area contributed by atoms with Gasteiger partial charge in [-0.05, 0) is 98.4 Å². The number of hydrogen-bond acceptors (Lipinski definition) is 3. The minimum atomic E-state index is 0.638. The summed E-state index contributed by atoms with van der Waals surface area (Å²) in [6.07, 6.45) is 0. The molecule has 12 rings (SSSR count). The Bertz CT molecular complexity index is 3490. The molecule has 0 aliphatic rings. The molecule has 0 N–H and O–H groups in total. The first-order chi connectivity index (χ1) is 28.7. The number of furan rings is 1. The van der Waals surface area contributed by atoms with Crippen molar-refractivity contribution in [2.75, 3.05) is 0 Å². The van der Waals surface area contributed by atoms with E-state index in [2.05, 4.69) is 180 Å². The quantitative estimate of drug-likeness (QED) is 0.165. The van der Waals surface area contributed by atoms with Gasteiger partial charge in [0.15, 0.2) is 0 Å². The average Bonchev–Trinajstić information content (AvgIpc) is 3.83. The van der Waals surface area contributed by atoms with Gasteiger partial charge in [-0.15, -0.1) is 0 Å². The molecule has 4 nitrogen and oxygen atoms in total. The maximum atomic E-state index is 6.40. The topological polar surface area (TPSA) is 43.9 Å². The lowest BCUT2D eigenvalue weighted by molar-refractivity contribution is 0.669. The van der Waals surface area contributed by atoms with Crippen LogP contribution >= 0.6 is 0 Å². The fraction of sp³-hybridized carbons (Fsp3) is 0. The minimum Gasteiger partial charge on any atom is -0.456 e. The van der Waals surface area contributed by atoms with Gasteiger partial charge in [0, 0.05) is 32.7 Å². The molecule has 9 aromatic carbocycles. The second-order valence-electron chi connectivity index (χ2n) is 15.0. The van der Waals surface area contributed by atoms with Crippen molar-refractivity contribution < 1.29 is 4.42 Å². The molecule has 0 unspecified atom stereocenters. The van der Waals surface area contributed by atoms with E-state index < -0.39 is 0 Å². The van der Waals surface area contributed by atoms with E-state index in [0.717, 1.165) is 71.8 Å². The molecule has 0 aliphatic carbocycles. The third-order valence-electron chi connectivity index (χ3n) is 11.6. The Hall–Kier alpha value is -7.82. The highest BCUT2D eigenvalue weighted by molar-refractivity contribution is 6.20. The fourth-order valence-electron chi connectivity index (χ4n) is 8.83. The van der Waals surface area contributed by atoms with Crippen LogP contribution in [-0.4, -0.2) is 14.5 Å². The third kappa shape index (κ3) is 5.16. The molecule has 0 saturated heterocycles. The number of para-hydroxylation sites is 2. The number of fused-ring (bicyclic) bond motifs is 9. The van der Waals surface area contributed by atoms with Crippen LogP contribution in [0, 0.1) is 0 Å². The summed E-state index contributed by atoms with van der Waals surface area (Å²) in [6.45, 7) is 0. The lowest BCUT2D eigenvalue weighted by Gasteiger charge is -2.14. The van der Waals surface area contributed by atoms with Gasteiger partial charge in [0.2, 0.25) is 5.95 Å². The van der Waals surface area contributed by atoms with Gasteiger partial charge in [-0.2, -0.15) is 0 Å². The second-order valence-corrected chi connectivity index (χ2v) is 15.0. The monoisotopic (exact) mass is 739 g/mol. The van der Waals surface area contributed by atoms with Gasteiger partial charge in [0.05, 0.1) is 22.4 Å². The molecule has 0 amide bonds. The van der Waals surface area contributed by atoms with E-state index in [0.29, 0.717) is 5.95 Å². The van der Waals surface area contributed by atoms with Gasteiger partial charge in [0.1, 0.15) is 11.2 Å². The largest absolute Gasteiger partial charge is 0.456 e. The van der Waals surface area contributed by atoms with Crippen molar-refractivity contribution in [3.05, 3.63) is 200 Å². The molecule has 0 radical (unpaired) electrons. The molecule has 0 atom stereocenters. The Morgan fingerprint density at radius 2 is 0.931 bits per heavy atom. The predicted octanol–water partition coefficient (Wildman–Crippen LogP) is 14.4. The maximum Gasteiger partial charge on any atom is 0.235 e. The van der Waals surface area contributed by atoms with Crippen LogP contribution < -0.4 is 0 Å². The standard InChI is InChI=1S/C54H33N3O/c1-4-14-34(15-5-1)37-24-26-40-44-32-53-47(42-21-11-13-23-52(42)58-53)31-39(44)30-43(45(40)28-37)38-25-27-51-46(29-38)41-20-10-12-22-50(41)57(51)54-55-48(35-16-6-2-7-17-35)33-49(56-54)36-18-8-3-9-19-36/h1-33H. The summed E-state index contributed by atoms with van der Waals surface area (Å²) in [7, 11) is 0. The molecule has 0 bridgehead atoms. The average molecular weight is 740 g/mol. The Morgan fingerprint density at radius 3 is 1.67 bits per heavy atom. The van der Waals surface area contributed by atoms with Gasteiger partial charge in [-0.1, -0.05) is 146 Å². The van der Waals surface area contributed by atoms with Crippen LogP contribution in [0.1, 0.15) is 0 Å². The van der Waals surface area contributed by atoms with Crippen molar-refractivity contribution in [3.63, 3.8) is 0 Å². The molecular formula is C54H33N3O. The summed E-state index contributed by atoms with van der Waals surface area (Å²) < 4.78 is 8.62. The summed E-state index contributed by atoms with van der Waals surface area (Å²) in [5, 5.41) is 9.28. The van der Waals surface area contributed by atoms with Crippen LogP contribution in [-0.2, 0) is 0 Å². The Morgan fingerprint density at radius 1 is 0.328 bits per heavy atom. The summed E-state index contributed by atoms with van der Waals surface area (Å²) in [6, 6.07) is 71.0. The van der Waals surface area contributed by atoms with Crippen LogP contribution in [0.3, 0.4) is 0 Å². The molecule has 3 aromatic heterocycles. The first kappa shape index (κ1) is 32.4. The number of aromatic nitrogens is 3. The van der Waals surface area contributed by atoms with Gasteiger partial charge in [-0.3, -0.25) is 4.57 Å². The lowest BCUT2D eigenvalue weighted by atomic mass is 9.90. The molecule has 270 valence electrons. The first-order valence-electron chi connectivity index (χ1n) is 19.6. The third-order valence-corrected chi connectivity index (χ3v) is 11.6. The molecule has 4 heteroatoms. The lowest BCUT2D eigenvalue weighted by Crippen LogP contribution is -2.04. The molecule has 0 spiro atoms. The minimum absolute atomic E-state index is 0.638. The highest BCUT2D eigenvalue weighted by Gasteiger charge is 2.19. The SMILES string of the molecule is c1ccc(-c2ccc3c(c2)c(-c2ccc4c(c2)c2ccccc2n4-c2nc(-c4ccccc4)cc(-c4ccccc4)n2)cc2cc4c(cc23)oc2ccccc24)cc1. The van der Waals surface area contributed by atoms with Gasteiger partial charge in [0.25, 0.3) is 0 Å². The van der Waals surface area contributed by atoms with E-state index in [1.165, 1.54) is 38.2 Å². The van der Waals surface area contributed by atoms with Crippen LogP contribution in [0.15, 0.2) is 205 Å². The zero-order chi connectivity index (χ0) is 38.2. The van der Waals surface area contributed by atoms with Crippen molar-refractivity contribution in [1.82, 2.24) is 14.5 Å². The van der Waals surface area contributed by atoms with E-state index in [1.807, 2.05) is 24.3 Å². The number of rotatable bonds is 5. The van der Waals surface area contributed by atoms with Crippen molar-refractivity contribution in [3.8, 4) is 50.7 Å². The number of nitrogens with zero attached hydrogens (tertiary/aromatic N) is 3. The van der Waals surface area contributed by atoms with Crippen molar-refractivity contribution >= 4 is 65.3 Å². The number of benzene rings is 9. The smallest absolute Gasteiger partial charge is 0.235 e. The van der Waals surface area contributed by atoms with Crippen molar-refractivity contribution in [2.24, 2.45) is 0 Å². The molecule has 12 aromatic rings. The summed E-state index contributed by atoms with van der Waals surface area (Å²) in [5.41, 5.74) is 12.5. The molecule has 3 heterocycles. The van der Waals surface area contributed by atoms with Crippen molar-refractivity contribution in [1.29, 1.82) is 0 Å². The highest BCUT2D eigenvalue weighted by atomic mass is 16.3. The molecule has 58 heavy (non-hydrogen) atoms. The van der Waals surface area contributed by atoms with Crippen LogP contribution in [0.4, 0.5) is 0 Å². The second kappa shape index (κ2) is 12.9. The zero-order valence-corrected chi connectivity index (χ0v) is 31.3. The Kier molecular flexibility index (Phi) is 7.20. The van der Waals surface area contributed by atoms with E-state index in [4.69, 9.17) is 14.4 Å². The Balaban J connectivity index is 1.12. The molecule has 0 aliphatic heterocycles. The Labute approximate surface area is 333 Å². The zero-order valence-electron chi connectivity index (χ0n) is 31.3. The number of hydrogen-bond donors (Lipinski definition) is 0. The fourth-order valence-corrected chi connectivity index (χ4v) is 8.83.